The lowest BCUT2D eigenvalue weighted by molar-refractivity contribution is 0.276. The number of hydrogen-bond donors (Lipinski definition) is 1. The van der Waals surface area contributed by atoms with E-state index in [1.807, 2.05) is 7.05 Å². The van der Waals surface area contributed by atoms with Crippen molar-refractivity contribution in [2.75, 3.05) is 0 Å². The predicted molar refractivity (Wildman–Crippen MR) is 61.9 cm³/mol. The second-order valence-corrected chi connectivity index (χ2v) is 3.88. The van der Waals surface area contributed by atoms with Crippen LogP contribution in [0.2, 0.25) is 0 Å². The molecule has 3 heterocycles. The second kappa shape index (κ2) is 3.84. The topological polar surface area (TPSA) is 94.5 Å². The van der Waals surface area contributed by atoms with E-state index >= 15 is 0 Å². The fraction of sp³-hybridized carbons (Fsp3) is 0.300. The summed E-state index contributed by atoms with van der Waals surface area (Å²) in [6.07, 6.45) is 3.17. The second-order valence-electron chi connectivity index (χ2n) is 3.88. The van der Waals surface area contributed by atoms with Gasteiger partial charge in [-0.05, 0) is 6.92 Å². The maximum absolute atomic E-state index is 9.00. The molecular weight excluding hydrogens is 234 g/mol. The van der Waals surface area contributed by atoms with Crippen LogP contribution in [0.15, 0.2) is 12.4 Å². The molecule has 8 heteroatoms. The molecule has 0 spiro atoms. The van der Waals surface area contributed by atoms with Crippen molar-refractivity contribution in [3.05, 3.63) is 23.9 Å². The van der Waals surface area contributed by atoms with E-state index in [-0.39, 0.29) is 6.61 Å². The summed E-state index contributed by atoms with van der Waals surface area (Å²) in [5.41, 5.74) is 1.21. The van der Waals surface area contributed by atoms with Crippen molar-refractivity contribution in [2.24, 2.45) is 7.05 Å². The number of rotatable bonds is 2. The maximum atomic E-state index is 9.00. The van der Waals surface area contributed by atoms with Gasteiger partial charge in [-0.25, -0.2) is 9.97 Å². The Hall–Kier alpha value is -2.35. The molecule has 0 aliphatic carbocycles. The van der Waals surface area contributed by atoms with Crippen LogP contribution in [0, 0.1) is 6.92 Å². The summed E-state index contributed by atoms with van der Waals surface area (Å²) in [5.74, 6) is 1.18. The quantitative estimate of drug-likeness (QED) is 0.668. The summed E-state index contributed by atoms with van der Waals surface area (Å²) in [6, 6.07) is 0. The van der Waals surface area contributed by atoms with Gasteiger partial charge in [-0.3, -0.25) is 4.68 Å². The van der Waals surface area contributed by atoms with Crippen LogP contribution in [0.1, 0.15) is 11.5 Å². The van der Waals surface area contributed by atoms with E-state index in [1.54, 1.807) is 17.8 Å². The minimum Gasteiger partial charge on any atom is -0.390 e. The smallest absolute Gasteiger partial charge is 0.188 e. The van der Waals surface area contributed by atoms with E-state index in [9.17, 15) is 0 Å². The van der Waals surface area contributed by atoms with Crippen LogP contribution in [0.4, 0.5) is 0 Å². The molecule has 3 rings (SSSR count). The molecule has 0 unspecified atom stereocenters. The summed E-state index contributed by atoms with van der Waals surface area (Å²) in [7, 11) is 1.81. The third kappa shape index (κ3) is 1.54. The molecule has 0 bridgehead atoms. The Morgan fingerprint density at radius 1 is 1.22 bits per heavy atom. The Kier molecular flexibility index (Phi) is 2.30. The van der Waals surface area contributed by atoms with Gasteiger partial charge >= 0.3 is 0 Å². The van der Waals surface area contributed by atoms with Crippen molar-refractivity contribution in [2.45, 2.75) is 13.5 Å². The van der Waals surface area contributed by atoms with Gasteiger partial charge in [0.15, 0.2) is 11.5 Å². The molecule has 0 aliphatic heterocycles. The van der Waals surface area contributed by atoms with Crippen LogP contribution in [0.25, 0.3) is 16.9 Å². The van der Waals surface area contributed by atoms with Gasteiger partial charge in [-0.2, -0.15) is 10.2 Å². The molecule has 1 N–H and O–H groups in total. The highest BCUT2D eigenvalue weighted by atomic mass is 16.3. The van der Waals surface area contributed by atoms with E-state index in [4.69, 9.17) is 5.11 Å². The Morgan fingerprint density at radius 2 is 2.06 bits per heavy atom. The number of aromatic nitrogens is 7. The molecule has 3 aromatic heterocycles. The molecule has 0 aliphatic rings. The largest absolute Gasteiger partial charge is 0.390 e. The minimum atomic E-state index is -0.153. The average Bonchev–Trinajstić information content (AvgIpc) is 2.96. The third-order valence-electron chi connectivity index (χ3n) is 2.57. The summed E-state index contributed by atoms with van der Waals surface area (Å²) in [5, 5.41) is 22.1. The standard InChI is InChI=1S/C10H11N7O/c1-6-13-9-8(4-11-16(9)2)10(14-6)17-12-3-7(5-18)15-17/h3-4,18H,5H2,1-2H3. The van der Waals surface area contributed by atoms with E-state index in [2.05, 4.69) is 25.3 Å². The van der Waals surface area contributed by atoms with E-state index in [1.165, 1.54) is 11.0 Å². The van der Waals surface area contributed by atoms with Crippen LogP contribution in [-0.4, -0.2) is 39.8 Å². The van der Waals surface area contributed by atoms with Gasteiger partial charge in [-0.1, -0.05) is 0 Å². The Bertz CT molecular complexity index is 714. The van der Waals surface area contributed by atoms with Crippen LogP contribution in [0.3, 0.4) is 0 Å². The number of hydrogen-bond acceptors (Lipinski definition) is 6. The average molecular weight is 245 g/mol. The summed E-state index contributed by atoms with van der Waals surface area (Å²) >= 11 is 0. The zero-order valence-corrected chi connectivity index (χ0v) is 9.94. The molecule has 18 heavy (non-hydrogen) atoms. The summed E-state index contributed by atoms with van der Waals surface area (Å²) < 4.78 is 1.67. The monoisotopic (exact) mass is 245 g/mol. The predicted octanol–water partition coefficient (Wildman–Crippen LogP) is -0.255. The van der Waals surface area contributed by atoms with Crippen molar-refractivity contribution in [1.82, 2.24) is 34.7 Å². The van der Waals surface area contributed by atoms with Gasteiger partial charge in [0, 0.05) is 7.05 Å². The Morgan fingerprint density at radius 3 is 2.78 bits per heavy atom. The zero-order chi connectivity index (χ0) is 12.7. The minimum absolute atomic E-state index is 0.153. The lowest BCUT2D eigenvalue weighted by atomic mass is 10.4. The number of fused-ring (bicyclic) bond motifs is 1. The van der Waals surface area contributed by atoms with Gasteiger partial charge in [-0.15, -0.1) is 9.90 Å². The fourth-order valence-electron chi connectivity index (χ4n) is 1.73. The maximum Gasteiger partial charge on any atom is 0.188 e. The van der Waals surface area contributed by atoms with Crippen LogP contribution < -0.4 is 0 Å². The van der Waals surface area contributed by atoms with Crippen LogP contribution >= 0.6 is 0 Å². The van der Waals surface area contributed by atoms with Gasteiger partial charge in [0.1, 0.15) is 11.5 Å². The molecule has 0 aromatic carbocycles. The van der Waals surface area contributed by atoms with Gasteiger partial charge in [0.05, 0.1) is 24.4 Å². The molecule has 92 valence electrons. The van der Waals surface area contributed by atoms with Crippen molar-refractivity contribution in [3.8, 4) is 5.82 Å². The molecule has 0 fully saturated rings. The first kappa shape index (κ1) is 10.8. The normalized spacial score (nSPS) is 11.3. The zero-order valence-electron chi connectivity index (χ0n) is 9.94. The molecule has 0 amide bonds. The van der Waals surface area contributed by atoms with E-state index in [0.717, 1.165) is 11.0 Å². The van der Waals surface area contributed by atoms with Crippen LogP contribution in [0.5, 0.6) is 0 Å². The Labute approximate surface area is 102 Å². The molecule has 0 saturated carbocycles. The van der Waals surface area contributed by atoms with Crippen LogP contribution in [-0.2, 0) is 13.7 Å². The van der Waals surface area contributed by atoms with Crippen molar-refractivity contribution in [1.29, 1.82) is 0 Å². The molecule has 0 atom stereocenters. The van der Waals surface area contributed by atoms with Crippen molar-refractivity contribution < 1.29 is 5.11 Å². The first-order valence-electron chi connectivity index (χ1n) is 5.38. The molecular formula is C10H11N7O. The highest BCUT2D eigenvalue weighted by molar-refractivity contribution is 5.81. The van der Waals surface area contributed by atoms with E-state index < -0.39 is 0 Å². The first-order chi connectivity index (χ1) is 8.69. The lowest BCUT2D eigenvalue weighted by Crippen LogP contribution is -2.06. The van der Waals surface area contributed by atoms with Gasteiger partial charge in [0.25, 0.3) is 0 Å². The lowest BCUT2D eigenvalue weighted by Gasteiger charge is -2.02. The highest BCUT2D eigenvalue weighted by Crippen LogP contribution is 2.17. The Balaban J connectivity index is 2.27. The number of aliphatic hydroxyl groups excluding tert-OH is 1. The molecule has 3 aromatic rings. The SMILES string of the molecule is Cc1nc(-n2ncc(CO)n2)c2cnn(C)c2n1. The van der Waals surface area contributed by atoms with Gasteiger partial charge < -0.3 is 5.11 Å². The molecule has 0 radical (unpaired) electrons. The number of aliphatic hydroxyl groups is 1. The number of nitrogens with zero attached hydrogens (tertiary/aromatic N) is 7. The third-order valence-corrected chi connectivity index (χ3v) is 2.57. The molecule has 0 saturated heterocycles. The summed E-state index contributed by atoms with van der Waals surface area (Å²) in [6.45, 7) is 1.65. The number of aryl methyl sites for hydroxylation is 2. The van der Waals surface area contributed by atoms with E-state index in [0.29, 0.717) is 17.3 Å². The first-order valence-corrected chi connectivity index (χ1v) is 5.38. The fourth-order valence-corrected chi connectivity index (χ4v) is 1.73. The van der Waals surface area contributed by atoms with Crippen molar-refractivity contribution >= 4 is 11.0 Å². The molecule has 8 nitrogen and oxygen atoms in total. The highest BCUT2D eigenvalue weighted by Gasteiger charge is 2.13. The van der Waals surface area contributed by atoms with Gasteiger partial charge in [0.2, 0.25) is 0 Å². The van der Waals surface area contributed by atoms with Crippen molar-refractivity contribution in [3.63, 3.8) is 0 Å². The summed E-state index contributed by atoms with van der Waals surface area (Å²) in [4.78, 5) is 10.0.